The van der Waals surface area contributed by atoms with Crippen molar-refractivity contribution in [2.24, 2.45) is 5.92 Å². The van der Waals surface area contributed by atoms with Crippen LogP contribution in [-0.2, 0) is 0 Å². The minimum absolute atomic E-state index is 0.203. The van der Waals surface area contributed by atoms with Crippen molar-refractivity contribution in [2.75, 3.05) is 6.61 Å². The second-order valence-electron chi connectivity index (χ2n) is 7.68. The first-order valence-corrected chi connectivity index (χ1v) is 10.5. The summed E-state index contributed by atoms with van der Waals surface area (Å²) in [6.45, 7) is 4.27. The molecule has 2 aromatic rings. The number of ether oxygens (including phenoxy) is 1. The highest BCUT2D eigenvalue weighted by atomic mass is 19.1. The summed E-state index contributed by atoms with van der Waals surface area (Å²) in [4.78, 5) is 0. The zero-order valence-electron chi connectivity index (χ0n) is 16.9. The van der Waals surface area contributed by atoms with Crippen LogP contribution < -0.4 is 4.74 Å². The van der Waals surface area contributed by atoms with Gasteiger partial charge in [-0.3, -0.25) is 0 Å². The normalized spacial score (nSPS) is 19.9. The molecular formula is C25H30F2O. The Morgan fingerprint density at radius 2 is 1.79 bits per heavy atom. The van der Waals surface area contributed by atoms with Gasteiger partial charge in [0, 0.05) is 5.56 Å². The van der Waals surface area contributed by atoms with E-state index < -0.39 is 5.82 Å². The molecule has 0 aliphatic heterocycles. The van der Waals surface area contributed by atoms with Gasteiger partial charge in [0.1, 0.15) is 5.82 Å². The maximum atomic E-state index is 14.8. The fraction of sp³-hybridized carbons (Fsp3) is 0.440. The molecule has 0 atom stereocenters. The SMILES string of the molecule is C/C=C/CCC1CCC(c2ccc(-c3ccc(OCC)c(F)c3)c(F)c2)CC1. The highest BCUT2D eigenvalue weighted by molar-refractivity contribution is 5.65. The van der Waals surface area contributed by atoms with Gasteiger partial charge in [-0.1, -0.05) is 30.4 Å². The Morgan fingerprint density at radius 3 is 2.43 bits per heavy atom. The summed E-state index contributed by atoms with van der Waals surface area (Å²) < 4.78 is 34.1. The Labute approximate surface area is 167 Å². The van der Waals surface area contributed by atoms with E-state index in [9.17, 15) is 8.78 Å². The van der Waals surface area contributed by atoms with Gasteiger partial charge in [0.2, 0.25) is 0 Å². The molecule has 0 amide bonds. The van der Waals surface area contributed by atoms with Crippen LogP contribution in [0.1, 0.15) is 63.9 Å². The van der Waals surface area contributed by atoms with E-state index in [1.54, 1.807) is 24.3 Å². The van der Waals surface area contributed by atoms with E-state index in [-0.39, 0.29) is 11.6 Å². The number of benzene rings is 2. The zero-order chi connectivity index (χ0) is 19.9. The Balaban J connectivity index is 1.67. The smallest absolute Gasteiger partial charge is 0.165 e. The quantitative estimate of drug-likeness (QED) is 0.445. The van der Waals surface area contributed by atoms with E-state index in [2.05, 4.69) is 19.1 Å². The van der Waals surface area contributed by atoms with Crippen LogP contribution in [-0.4, -0.2) is 6.61 Å². The minimum atomic E-state index is -0.459. The van der Waals surface area contributed by atoms with Gasteiger partial charge in [0.05, 0.1) is 6.61 Å². The van der Waals surface area contributed by atoms with E-state index in [4.69, 9.17) is 4.74 Å². The third-order valence-electron chi connectivity index (χ3n) is 5.83. The van der Waals surface area contributed by atoms with Gasteiger partial charge < -0.3 is 4.74 Å². The molecule has 0 N–H and O–H groups in total. The Kier molecular flexibility index (Phi) is 7.24. The summed E-state index contributed by atoms with van der Waals surface area (Å²) in [5, 5.41) is 0. The van der Waals surface area contributed by atoms with E-state index >= 15 is 0 Å². The number of rotatable bonds is 7. The molecule has 0 aromatic heterocycles. The summed E-state index contributed by atoms with van der Waals surface area (Å²) in [5.41, 5.74) is 2.04. The molecule has 0 saturated heterocycles. The molecule has 1 aliphatic carbocycles. The molecule has 1 aliphatic rings. The lowest BCUT2D eigenvalue weighted by molar-refractivity contribution is 0.311. The molecule has 2 aromatic carbocycles. The monoisotopic (exact) mass is 384 g/mol. The van der Waals surface area contributed by atoms with Crippen molar-refractivity contribution in [2.45, 2.75) is 58.3 Å². The van der Waals surface area contributed by atoms with Crippen molar-refractivity contribution in [1.82, 2.24) is 0 Å². The number of hydrogen-bond donors (Lipinski definition) is 0. The summed E-state index contributed by atoms with van der Waals surface area (Å²) in [5.74, 6) is 0.687. The lowest BCUT2D eigenvalue weighted by atomic mass is 9.77. The predicted molar refractivity (Wildman–Crippen MR) is 112 cm³/mol. The third kappa shape index (κ3) is 5.01. The van der Waals surface area contributed by atoms with Gasteiger partial charge in [0.25, 0.3) is 0 Å². The first-order chi connectivity index (χ1) is 13.6. The third-order valence-corrected chi connectivity index (χ3v) is 5.83. The van der Waals surface area contributed by atoms with Gasteiger partial charge in [-0.05, 0) is 93.5 Å². The Bertz CT molecular complexity index is 804. The average molecular weight is 385 g/mol. The van der Waals surface area contributed by atoms with Crippen LogP contribution in [0.4, 0.5) is 8.78 Å². The molecule has 0 radical (unpaired) electrons. The molecule has 1 nitrogen and oxygen atoms in total. The van der Waals surface area contributed by atoms with Crippen molar-refractivity contribution in [1.29, 1.82) is 0 Å². The second kappa shape index (κ2) is 9.86. The molecular weight excluding hydrogens is 354 g/mol. The zero-order valence-corrected chi connectivity index (χ0v) is 16.9. The van der Waals surface area contributed by atoms with Crippen molar-refractivity contribution in [3.8, 4) is 16.9 Å². The van der Waals surface area contributed by atoms with Crippen molar-refractivity contribution < 1.29 is 13.5 Å². The maximum absolute atomic E-state index is 14.8. The van der Waals surface area contributed by atoms with Gasteiger partial charge in [-0.15, -0.1) is 0 Å². The van der Waals surface area contributed by atoms with Crippen molar-refractivity contribution >= 4 is 0 Å². The molecule has 28 heavy (non-hydrogen) atoms. The highest BCUT2D eigenvalue weighted by Crippen LogP contribution is 2.39. The van der Waals surface area contributed by atoms with E-state index in [1.807, 2.05) is 13.0 Å². The van der Waals surface area contributed by atoms with Crippen LogP contribution in [0.15, 0.2) is 48.6 Å². The van der Waals surface area contributed by atoms with Crippen molar-refractivity contribution in [3.63, 3.8) is 0 Å². The molecule has 3 rings (SSSR count). The topological polar surface area (TPSA) is 9.23 Å². The van der Waals surface area contributed by atoms with E-state index in [0.29, 0.717) is 23.7 Å². The molecule has 3 heteroatoms. The maximum Gasteiger partial charge on any atom is 0.165 e. The molecule has 0 unspecified atom stereocenters. The number of allylic oxidation sites excluding steroid dienone is 2. The second-order valence-corrected chi connectivity index (χ2v) is 7.68. The van der Waals surface area contributed by atoms with Crippen LogP contribution in [0, 0.1) is 17.6 Å². The lowest BCUT2D eigenvalue weighted by Gasteiger charge is -2.28. The van der Waals surface area contributed by atoms with Crippen molar-refractivity contribution in [3.05, 3.63) is 65.7 Å². The van der Waals surface area contributed by atoms with Crippen LogP contribution in [0.5, 0.6) is 5.75 Å². The number of hydrogen-bond acceptors (Lipinski definition) is 1. The standard InChI is InChI=1S/C25H30F2O/c1-3-5-6-7-18-8-10-19(11-9-18)20-12-14-22(23(26)16-20)21-13-15-25(28-4-2)24(27)17-21/h3,5,12-19H,4,6-11H2,1-2H3/b5-3+. The fourth-order valence-corrected chi connectivity index (χ4v) is 4.24. The molecule has 1 fully saturated rings. The number of halogens is 2. The Morgan fingerprint density at radius 1 is 1.00 bits per heavy atom. The fourth-order valence-electron chi connectivity index (χ4n) is 4.24. The molecule has 0 spiro atoms. The molecule has 1 saturated carbocycles. The van der Waals surface area contributed by atoms with Gasteiger partial charge in [-0.25, -0.2) is 8.78 Å². The van der Waals surface area contributed by atoms with Gasteiger partial charge >= 0.3 is 0 Å². The van der Waals surface area contributed by atoms with Crippen LogP contribution in [0.2, 0.25) is 0 Å². The summed E-state index contributed by atoms with van der Waals surface area (Å²) in [6, 6.07) is 10.1. The highest BCUT2D eigenvalue weighted by Gasteiger charge is 2.23. The minimum Gasteiger partial charge on any atom is -0.491 e. The predicted octanol–water partition coefficient (Wildman–Crippen LogP) is 7.66. The first kappa shape index (κ1) is 20.6. The average Bonchev–Trinajstić information content (AvgIpc) is 2.70. The summed E-state index contributed by atoms with van der Waals surface area (Å²) in [7, 11) is 0. The Hall–Kier alpha value is -2.16. The molecule has 150 valence electrons. The molecule has 0 heterocycles. The van der Waals surface area contributed by atoms with Gasteiger partial charge in [0.15, 0.2) is 11.6 Å². The van der Waals surface area contributed by atoms with Crippen LogP contribution >= 0.6 is 0 Å². The first-order valence-electron chi connectivity index (χ1n) is 10.5. The summed E-state index contributed by atoms with van der Waals surface area (Å²) >= 11 is 0. The summed E-state index contributed by atoms with van der Waals surface area (Å²) in [6.07, 6.45) is 11.5. The van der Waals surface area contributed by atoms with Crippen LogP contribution in [0.25, 0.3) is 11.1 Å². The lowest BCUT2D eigenvalue weighted by Crippen LogP contribution is -2.13. The molecule has 0 bridgehead atoms. The van der Waals surface area contributed by atoms with E-state index in [0.717, 1.165) is 30.7 Å². The largest absolute Gasteiger partial charge is 0.491 e. The van der Waals surface area contributed by atoms with Gasteiger partial charge in [-0.2, -0.15) is 0 Å². The van der Waals surface area contributed by atoms with Crippen LogP contribution in [0.3, 0.4) is 0 Å². The van der Waals surface area contributed by atoms with E-state index in [1.165, 1.54) is 25.3 Å².